The normalized spacial score (nSPS) is 10.6. The molecule has 0 aliphatic rings. The molecule has 4 heteroatoms. The molecule has 2 aromatic rings. The highest BCUT2D eigenvalue weighted by atomic mass is 16.1. The molecule has 2 rings (SSSR count). The van der Waals surface area contributed by atoms with E-state index in [1.54, 1.807) is 0 Å². The van der Waals surface area contributed by atoms with Gasteiger partial charge in [-0.15, -0.1) is 0 Å². The number of aromatic amines is 1. The topological polar surface area (TPSA) is 57.8 Å². The summed E-state index contributed by atoms with van der Waals surface area (Å²) < 4.78 is 0. The molecular formula is C13H17N3O. The lowest BCUT2D eigenvalue weighted by molar-refractivity contribution is 0.742. The average Bonchev–Trinajstić information content (AvgIpc) is 2.34. The van der Waals surface area contributed by atoms with E-state index in [1.807, 2.05) is 24.3 Å². The molecule has 90 valence electrons. The van der Waals surface area contributed by atoms with Crippen LogP contribution < -0.4 is 11.0 Å². The first-order valence-electron chi connectivity index (χ1n) is 6.04. The Kier molecular flexibility index (Phi) is 3.75. The number of rotatable bonds is 5. The van der Waals surface area contributed by atoms with E-state index in [2.05, 4.69) is 22.2 Å². The summed E-state index contributed by atoms with van der Waals surface area (Å²) >= 11 is 0. The van der Waals surface area contributed by atoms with Crippen molar-refractivity contribution >= 4 is 16.7 Å². The Balaban J connectivity index is 2.23. The van der Waals surface area contributed by atoms with E-state index >= 15 is 0 Å². The third kappa shape index (κ3) is 2.84. The van der Waals surface area contributed by atoms with Crippen LogP contribution in [0.1, 0.15) is 26.2 Å². The summed E-state index contributed by atoms with van der Waals surface area (Å²) in [7, 11) is 0. The Bertz CT molecular complexity index is 548. The summed E-state index contributed by atoms with van der Waals surface area (Å²) in [5.41, 5.74) is 0.521. The zero-order valence-electron chi connectivity index (χ0n) is 9.99. The van der Waals surface area contributed by atoms with Crippen LogP contribution in [0.15, 0.2) is 29.1 Å². The number of para-hydroxylation sites is 1. The van der Waals surface area contributed by atoms with Gasteiger partial charge in [0.25, 0.3) is 0 Å². The predicted octanol–water partition coefficient (Wildman–Crippen LogP) is 2.53. The number of H-pyrrole nitrogens is 1. The molecule has 1 aromatic heterocycles. The quantitative estimate of drug-likeness (QED) is 0.777. The molecule has 1 heterocycles. The molecule has 0 fully saturated rings. The van der Waals surface area contributed by atoms with Crippen molar-refractivity contribution in [1.82, 2.24) is 9.97 Å². The molecule has 0 bridgehead atoms. The second-order valence-corrected chi connectivity index (χ2v) is 4.07. The van der Waals surface area contributed by atoms with E-state index < -0.39 is 0 Å². The van der Waals surface area contributed by atoms with Gasteiger partial charge in [0.05, 0.1) is 5.52 Å². The van der Waals surface area contributed by atoms with E-state index in [-0.39, 0.29) is 5.69 Å². The molecular weight excluding hydrogens is 214 g/mol. The first-order valence-corrected chi connectivity index (χ1v) is 6.04. The highest BCUT2D eigenvalue weighted by Crippen LogP contribution is 2.16. The van der Waals surface area contributed by atoms with Crippen LogP contribution in [-0.2, 0) is 0 Å². The molecule has 0 saturated carbocycles. The Morgan fingerprint density at radius 2 is 2.12 bits per heavy atom. The van der Waals surface area contributed by atoms with Gasteiger partial charge in [0, 0.05) is 11.9 Å². The lowest BCUT2D eigenvalue weighted by Crippen LogP contribution is -2.14. The van der Waals surface area contributed by atoms with Gasteiger partial charge >= 0.3 is 5.69 Å². The van der Waals surface area contributed by atoms with Crippen molar-refractivity contribution in [3.63, 3.8) is 0 Å². The summed E-state index contributed by atoms with van der Waals surface area (Å²) in [5.74, 6) is 0.681. The minimum Gasteiger partial charge on any atom is -0.369 e. The van der Waals surface area contributed by atoms with Crippen LogP contribution >= 0.6 is 0 Å². The van der Waals surface area contributed by atoms with Crippen molar-refractivity contribution in [2.45, 2.75) is 26.2 Å². The molecule has 0 radical (unpaired) electrons. The van der Waals surface area contributed by atoms with Gasteiger partial charge in [-0.3, -0.25) is 0 Å². The SMILES string of the molecule is CCCCCNc1nc(=O)[nH]c2ccccc12. The van der Waals surface area contributed by atoms with Crippen LogP contribution in [0.25, 0.3) is 10.9 Å². The monoisotopic (exact) mass is 231 g/mol. The second kappa shape index (κ2) is 5.48. The van der Waals surface area contributed by atoms with Crippen LogP contribution in [0, 0.1) is 0 Å². The summed E-state index contributed by atoms with van der Waals surface area (Å²) in [4.78, 5) is 18.1. The molecule has 0 aliphatic carbocycles. The van der Waals surface area contributed by atoms with Crippen molar-refractivity contribution in [1.29, 1.82) is 0 Å². The zero-order chi connectivity index (χ0) is 12.1. The standard InChI is InChI=1S/C13H17N3O/c1-2-3-6-9-14-12-10-7-4-5-8-11(10)15-13(17)16-12/h4-5,7-8H,2-3,6,9H2,1H3,(H2,14,15,16,17). The Hall–Kier alpha value is -1.84. The van der Waals surface area contributed by atoms with Crippen molar-refractivity contribution < 1.29 is 0 Å². The van der Waals surface area contributed by atoms with Gasteiger partial charge in [0.15, 0.2) is 0 Å². The third-order valence-corrected chi connectivity index (χ3v) is 2.71. The van der Waals surface area contributed by atoms with Gasteiger partial charge in [-0.25, -0.2) is 4.79 Å². The summed E-state index contributed by atoms with van der Waals surface area (Å²) in [6, 6.07) is 7.69. The van der Waals surface area contributed by atoms with Gasteiger partial charge in [-0.05, 0) is 18.6 Å². The van der Waals surface area contributed by atoms with E-state index in [4.69, 9.17) is 0 Å². The average molecular weight is 231 g/mol. The summed E-state index contributed by atoms with van der Waals surface area (Å²) in [6.07, 6.45) is 3.47. The summed E-state index contributed by atoms with van der Waals surface area (Å²) in [5, 5.41) is 4.19. The third-order valence-electron chi connectivity index (χ3n) is 2.71. The highest BCUT2D eigenvalue weighted by molar-refractivity contribution is 5.88. The Labute approximate surface area is 100 Å². The van der Waals surface area contributed by atoms with Crippen LogP contribution in [0.3, 0.4) is 0 Å². The number of anilines is 1. The van der Waals surface area contributed by atoms with Crippen LogP contribution in [0.4, 0.5) is 5.82 Å². The minimum atomic E-state index is -0.304. The molecule has 17 heavy (non-hydrogen) atoms. The van der Waals surface area contributed by atoms with Crippen LogP contribution in [0.2, 0.25) is 0 Å². The van der Waals surface area contributed by atoms with E-state index in [0.29, 0.717) is 5.82 Å². The van der Waals surface area contributed by atoms with Gasteiger partial charge in [-0.2, -0.15) is 4.98 Å². The van der Waals surface area contributed by atoms with E-state index in [1.165, 1.54) is 12.8 Å². The lowest BCUT2D eigenvalue weighted by atomic mass is 10.2. The number of hydrogen-bond acceptors (Lipinski definition) is 3. The number of hydrogen-bond donors (Lipinski definition) is 2. The van der Waals surface area contributed by atoms with Crippen LogP contribution in [0.5, 0.6) is 0 Å². The summed E-state index contributed by atoms with van der Waals surface area (Å²) in [6.45, 7) is 3.02. The second-order valence-electron chi connectivity index (χ2n) is 4.07. The highest BCUT2D eigenvalue weighted by Gasteiger charge is 2.03. The van der Waals surface area contributed by atoms with Gasteiger partial charge in [0.1, 0.15) is 5.82 Å². The van der Waals surface area contributed by atoms with Gasteiger partial charge in [-0.1, -0.05) is 31.9 Å². The smallest absolute Gasteiger partial charge is 0.347 e. The Morgan fingerprint density at radius 1 is 1.29 bits per heavy atom. The molecule has 4 nitrogen and oxygen atoms in total. The molecule has 0 unspecified atom stereocenters. The fourth-order valence-electron chi connectivity index (χ4n) is 1.82. The Morgan fingerprint density at radius 3 is 2.94 bits per heavy atom. The maximum Gasteiger partial charge on any atom is 0.347 e. The lowest BCUT2D eigenvalue weighted by Gasteiger charge is -2.07. The number of nitrogens with one attached hydrogen (secondary N) is 2. The number of benzene rings is 1. The molecule has 0 saturated heterocycles. The van der Waals surface area contributed by atoms with Gasteiger partial charge in [0.2, 0.25) is 0 Å². The molecule has 2 N–H and O–H groups in total. The first-order chi connectivity index (χ1) is 8.31. The van der Waals surface area contributed by atoms with Crippen molar-refractivity contribution in [2.75, 3.05) is 11.9 Å². The fourth-order valence-corrected chi connectivity index (χ4v) is 1.82. The van der Waals surface area contributed by atoms with E-state index in [0.717, 1.165) is 23.9 Å². The fraction of sp³-hybridized carbons (Fsp3) is 0.385. The predicted molar refractivity (Wildman–Crippen MR) is 70.4 cm³/mol. The first kappa shape index (κ1) is 11.6. The molecule has 0 atom stereocenters. The molecule has 1 aromatic carbocycles. The maximum atomic E-state index is 11.4. The van der Waals surface area contributed by atoms with Crippen molar-refractivity contribution in [3.8, 4) is 0 Å². The largest absolute Gasteiger partial charge is 0.369 e. The molecule has 0 amide bonds. The van der Waals surface area contributed by atoms with Gasteiger partial charge < -0.3 is 10.3 Å². The maximum absolute atomic E-state index is 11.4. The van der Waals surface area contributed by atoms with Crippen molar-refractivity contribution in [3.05, 3.63) is 34.7 Å². The van der Waals surface area contributed by atoms with E-state index in [9.17, 15) is 4.79 Å². The number of nitrogens with zero attached hydrogens (tertiary/aromatic N) is 1. The minimum absolute atomic E-state index is 0.304. The number of fused-ring (bicyclic) bond motifs is 1. The molecule has 0 spiro atoms. The molecule has 0 aliphatic heterocycles. The van der Waals surface area contributed by atoms with Crippen LogP contribution in [-0.4, -0.2) is 16.5 Å². The zero-order valence-corrected chi connectivity index (χ0v) is 9.99. The number of aromatic nitrogens is 2. The number of unbranched alkanes of at least 4 members (excludes halogenated alkanes) is 2. The van der Waals surface area contributed by atoms with Crippen molar-refractivity contribution in [2.24, 2.45) is 0 Å².